The van der Waals surface area contributed by atoms with E-state index in [9.17, 15) is 9.59 Å². The molecule has 3 aromatic rings. The van der Waals surface area contributed by atoms with E-state index in [0.717, 1.165) is 45.5 Å². The van der Waals surface area contributed by atoms with E-state index < -0.39 is 0 Å². The Hall–Kier alpha value is -2.05. The van der Waals surface area contributed by atoms with Crippen molar-refractivity contribution < 1.29 is 9.59 Å². The smallest absolute Gasteiger partial charge is 0.223 e. The van der Waals surface area contributed by atoms with Gasteiger partial charge in [-0.15, -0.1) is 11.3 Å². The van der Waals surface area contributed by atoms with Gasteiger partial charge in [-0.05, 0) is 43.5 Å². The van der Waals surface area contributed by atoms with Gasteiger partial charge in [-0.3, -0.25) is 9.59 Å². The number of likely N-dealkylation sites (tertiary alicyclic amines) is 1. The fourth-order valence-electron chi connectivity index (χ4n) is 3.66. The van der Waals surface area contributed by atoms with Gasteiger partial charge in [0.1, 0.15) is 5.01 Å². The first-order valence-corrected chi connectivity index (χ1v) is 11.2. The molecule has 28 heavy (non-hydrogen) atoms. The fourth-order valence-corrected chi connectivity index (χ4v) is 5.04. The molecule has 1 aromatic heterocycles. The van der Waals surface area contributed by atoms with E-state index >= 15 is 0 Å². The molecule has 2 heterocycles. The number of carbonyl (C=O) groups excluding carboxylic acids is 2. The second-order valence-corrected chi connectivity index (χ2v) is 9.03. The van der Waals surface area contributed by atoms with Gasteiger partial charge < -0.3 is 4.90 Å². The minimum Gasteiger partial charge on any atom is -0.333 e. The number of para-hydroxylation sites is 1. The summed E-state index contributed by atoms with van der Waals surface area (Å²) in [6.07, 6.45) is 3.53. The van der Waals surface area contributed by atoms with Crippen LogP contribution < -0.4 is 0 Å². The molecule has 1 amide bonds. The molecule has 0 N–H and O–H groups in total. The zero-order chi connectivity index (χ0) is 19.5. The van der Waals surface area contributed by atoms with Crippen LogP contribution in [0.4, 0.5) is 0 Å². The number of benzene rings is 2. The summed E-state index contributed by atoms with van der Waals surface area (Å²) in [5.74, 6) is 0.0591. The number of nitrogens with zero attached hydrogens (tertiary/aromatic N) is 2. The number of piperidine rings is 1. The van der Waals surface area contributed by atoms with Gasteiger partial charge in [-0.25, -0.2) is 4.98 Å². The molecular weight excluding hydrogens is 436 g/mol. The Labute approximate surface area is 176 Å². The predicted octanol–water partition coefficient (Wildman–Crippen LogP) is 5.78. The van der Waals surface area contributed by atoms with Gasteiger partial charge in [-0.1, -0.05) is 40.2 Å². The molecule has 1 saturated heterocycles. The van der Waals surface area contributed by atoms with E-state index in [1.165, 1.54) is 0 Å². The second-order valence-electron chi connectivity index (χ2n) is 7.05. The third-order valence-electron chi connectivity index (χ3n) is 5.15. The molecule has 4 nitrogen and oxygen atoms in total. The van der Waals surface area contributed by atoms with Crippen LogP contribution >= 0.6 is 27.3 Å². The summed E-state index contributed by atoms with van der Waals surface area (Å²) >= 11 is 5.04. The Kier molecular flexibility index (Phi) is 5.87. The molecule has 0 saturated carbocycles. The number of fused-ring (bicyclic) bond motifs is 1. The van der Waals surface area contributed by atoms with E-state index in [2.05, 4.69) is 22.0 Å². The number of thiazole rings is 1. The van der Waals surface area contributed by atoms with Gasteiger partial charge in [0.05, 0.1) is 16.3 Å². The highest BCUT2D eigenvalue weighted by Gasteiger charge is 2.30. The van der Waals surface area contributed by atoms with Gasteiger partial charge in [-0.2, -0.15) is 0 Å². The first kappa shape index (κ1) is 19.3. The van der Waals surface area contributed by atoms with Crippen LogP contribution in [0.25, 0.3) is 10.2 Å². The number of halogens is 1. The number of ketones is 1. The Morgan fingerprint density at radius 1 is 1.07 bits per heavy atom. The topological polar surface area (TPSA) is 50.3 Å². The third kappa shape index (κ3) is 4.18. The highest BCUT2D eigenvalue weighted by Crippen LogP contribution is 2.36. The van der Waals surface area contributed by atoms with Crippen LogP contribution in [-0.2, 0) is 4.79 Å². The maximum atomic E-state index is 12.9. The molecule has 144 valence electrons. The van der Waals surface area contributed by atoms with Crippen molar-refractivity contribution in [3.05, 3.63) is 63.6 Å². The molecule has 2 aromatic carbocycles. The summed E-state index contributed by atoms with van der Waals surface area (Å²) in [4.78, 5) is 32.1. The van der Waals surface area contributed by atoms with E-state index in [1.807, 2.05) is 35.2 Å². The zero-order valence-electron chi connectivity index (χ0n) is 15.4. The second kappa shape index (κ2) is 8.53. The molecule has 0 bridgehead atoms. The largest absolute Gasteiger partial charge is 0.333 e. The highest BCUT2D eigenvalue weighted by atomic mass is 79.9. The van der Waals surface area contributed by atoms with E-state index in [-0.39, 0.29) is 30.6 Å². The van der Waals surface area contributed by atoms with Gasteiger partial charge >= 0.3 is 0 Å². The normalized spacial score (nSPS) is 17.0. The molecule has 0 spiro atoms. The molecule has 1 fully saturated rings. The lowest BCUT2D eigenvalue weighted by atomic mass is 10.0. The van der Waals surface area contributed by atoms with Crippen LogP contribution in [-0.4, -0.2) is 28.1 Å². The van der Waals surface area contributed by atoms with Crippen LogP contribution in [0.5, 0.6) is 0 Å². The SMILES string of the molecule is O=C(CCC(=O)N1CCCCC1c1nc2ccccc2s1)c1ccc(Br)cc1. The average Bonchev–Trinajstić information content (AvgIpc) is 3.16. The van der Waals surface area contributed by atoms with Crippen molar-refractivity contribution in [2.24, 2.45) is 0 Å². The van der Waals surface area contributed by atoms with E-state index in [4.69, 9.17) is 4.98 Å². The van der Waals surface area contributed by atoms with Crippen LogP contribution in [0.15, 0.2) is 53.0 Å². The number of aromatic nitrogens is 1. The summed E-state index contributed by atoms with van der Waals surface area (Å²) in [5, 5.41) is 1.01. The van der Waals surface area contributed by atoms with Gasteiger partial charge in [0.25, 0.3) is 0 Å². The van der Waals surface area contributed by atoms with Crippen molar-refractivity contribution in [2.45, 2.75) is 38.1 Å². The number of carbonyl (C=O) groups is 2. The molecule has 1 aliphatic rings. The third-order valence-corrected chi connectivity index (χ3v) is 6.82. The Bertz CT molecular complexity index is 966. The Morgan fingerprint density at radius 3 is 2.64 bits per heavy atom. The highest BCUT2D eigenvalue weighted by molar-refractivity contribution is 9.10. The van der Waals surface area contributed by atoms with Crippen LogP contribution in [0, 0.1) is 0 Å². The monoisotopic (exact) mass is 456 g/mol. The maximum Gasteiger partial charge on any atom is 0.223 e. The number of hydrogen-bond acceptors (Lipinski definition) is 4. The number of Topliss-reactive ketones (excluding diaryl/α,β-unsaturated/α-hetero) is 1. The number of hydrogen-bond donors (Lipinski definition) is 0. The summed E-state index contributed by atoms with van der Waals surface area (Å²) < 4.78 is 2.09. The van der Waals surface area contributed by atoms with Crippen molar-refractivity contribution in [1.82, 2.24) is 9.88 Å². The fraction of sp³-hybridized carbons (Fsp3) is 0.318. The van der Waals surface area contributed by atoms with Crippen molar-refractivity contribution in [1.29, 1.82) is 0 Å². The molecule has 0 radical (unpaired) electrons. The zero-order valence-corrected chi connectivity index (χ0v) is 17.8. The quantitative estimate of drug-likeness (QED) is 0.457. The minimum absolute atomic E-state index is 0.00870. The van der Waals surface area contributed by atoms with Crippen molar-refractivity contribution >= 4 is 49.2 Å². The molecule has 0 aliphatic carbocycles. The van der Waals surface area contributed by atoms with Crippen LogP contribution in [0.3, 0.4) is 0 Å². The molecule has 1 atom stereocenters. The van der Waals surface area contributed by atoms with Gasteiger partial charge in [0.2, 0.25) is 5.91 Å². The lowest BCUT2D eigenvalue weighted by molar-refractivity contribution is -0.135. The molecule has 6 heteroatoms. The van der Waals surface area contributed by atoms with Crippen molar-refractivity contribution in [3.63, 3.8) is 0 Å². The van der Waals surface area contributed by atoms with Crippen molar-refractivity contribution in [3.8, 4) is 0 Å². The molecular formula is C22H21BrN2O2S. The van der Waals surface area contributed by atoms with Crippen LogP contribution in [0.2, 0.25) is 0 Å². The maximum absolute atomic E-state index is 12.9. The lowest BCUT2D eigenvalue weighted by Crippen LogP contribution is -2.38. The Morgan fingerprint density at radius 2 is 1.86 bits per heavy atom. The summed E-state index contributed by atoms with van der Waals surface area (Å²) in [7, 11) is 0. The van der Waals surface area contributed by atoms with E-state index in [1.54, 1.807) is 23.5 Å². The first-order valence-electron chi connectivity index (χ1n) is 9.55. The van der Waals surface area contributed by atoms with Crippen molar-refractivity contribution in [2.75, 3.05) is 6.54 Å². The molecule has 4 rings (SSSR count). The average molecular weight is 457 g/mol. The summed E-state index contributed by atoms with van der Waals surface area (Å²) in [5.41, 5.74) is 1.64. The summed E-state index contributed by atoms with van der Waals surface area (Å²) in [6, 6.07) is 15.4. The van der Waals surface area contributed by atoms with Gasteiger partial charge in [0, 0.05) is 29.4 Å². The molecule has 1 aliphatic heterocycles. The predicted molar refractivity (Wildman–Crippen MR) is 116 cm³/mol. The summed E-state index contributed by atoms with van der Waals surface area (Å²) in [6.45, 7) is 0.742. The van der Waals surface area contributed by atoms with E-state index in [0.29, 0.717) is 5.56 Å². The minimum atomic E-state index is 0.00870. The number of rotatable bonds is 5. The Balaban J connectivity index is 1.45. The standard InChI is InChI=1S/C22H21BrN2O2S/c23-16-10-8-15(9-11-16)19(26)12-13-21(27)25-14-4-3-6-18(25)22-24-17-5-1-2-7-20(17)28-22/h1-2,5,7-11,18H,3-4,6,12-14H2. The molecule has 1 unspecified atom stereocenters. The van der Waals surface area contributed by atoms with Gasteiger partial charge in [0.15, 0.2) is 5.78 Å². The first-order chi connectivity index (χ1) is 13.6. The lowest BCUT2D eigenvalue weighted by Gasteiger charge is -2.34. The van der Waals surface area contributed by atoms with Crippen LogP contribution in [0.1, 0.15) is 53.5 Å². The number of amides is 1.